The Morgan fingerprint density at radius 2 is 1.77 bits per heavy atom. The molecule has 6 nitrogen and oxygen atoms in total. The van der Waals surface area contributed by atoms with Crippen LogP contribution in [0.5, 0.6) is 0 Å². The third-order valence-electron chi connectivity index (χ3n) is 12.4. The minimum absolute atomic E-state index is 0.0122. The Morgan fingerprint density at radius 3 is 2.52 bits per heavy atom. The molecule has 4 saturated carbocycles. The molecule has 10 atom stereocenters. The second-order valence-corrected chi connectivity index (χ2v) is 14.3. The van der Waals surface area contributed by atoms with Crippen molar-refractivity contribution >= 4 is 23.0 Å². The van der Waals surface area contributed by atoms with E-state index < -0.39 is 0 Å². The largest absolute Gasteiger partial charge is 0.463 e. The van der Waals surface area contributed by atoms with Crippen LogP contribution in [0.15, 0.2) is 24.3 Å². The van der Waals surface area contributed by atoms with Gasteiger partial charge in [0.1, 0.15) is 18.0 Å². The Kier molecular flexibility index (Phi) is 7.28. The van der Waals surface area contributed by atoms with Crippen molar-refractivity contribution < 1.29 is 19.1 Å². The second-order valence-electron chi connectivity index (χ2n) is 14.3. The van der Waals surface area contributed by atoms with Crippen molar-refractivity contribution in [2.24, 2.45) is 46.3 Å². The van der Waals surface area contributed by atoms with Gasteiger partial charge in [-0.2, -0.15) is 0 Å². The van der Waals surface area contributed by atoms with E-state index >= 15 is 0 Å². The van der Waals surface area contributed by atoms with Crippen LogP contribution in [0, 0.1) is 46.3 Å². The zero-order valence-corrected chi connectivity index (χ0v) is 25.1. The predicted molar refractivity (Wildman–Crippen MR) is 155 cm³/mol. The van der Waals surface area contributed by atoms with Crippen LogP contribution in [-0.2, 0) is 25.5 Å². The zero-order valence-electron chi connectivity index (χ0n) is 25.1. The molecule has 1 aromatic carbocycles. The number of carbonyl (C=O) groups is 2. The molecule has 6 heteroatoms. The molecule has 4 fully saturated rings. The van der Waals surface area contributed by atoms with Crippen LogP contribution in [0.25, 0.3) is 11.0 Å². The molecule has 0 bridgehead atoms. The van der Waals surface area contributed by atoms with E-state index in [-0.39, 0.29) is 35.0 Å². The summed E-state index contributed by atoms with van der Waals surface area (Å²) >= 11 is 0. The number of aromatic nitrogens is 2. The Balaban J connectivity index is 1.22. The predicted octanol–water partition coefficient (Wildman–Crippen LogP) is 7.26. The molecule has 1 N–H and O–H groups in total. The number of ether oxygens (including phenoxy) is 2. The molecule has 0 unspecified atom stereocenters. The molecule has 4 aliphatic carbocycles. The van der Waals surface area contributed by atoms with E-state index in [2.05, 4.69) is 44.0 Å². The van der Waals surface area contributed by atoms with Gasteiger partial charge in [0, 0.05) is 25.7 Å². The van der Waals surface area contributed by atoms with Gasteiger partial charge in [0.05, 0.1) is 11.0 Å². The van der Waals surface area contributed by atoms with Crippen molar-refractivity contribution in [3.63, 3.8) is 0 Å². The summed E-state index contributed by atoms with van der Waals surface area (Å²) in [5.41, 5.74) is 2.39. The Morgan fingerprint density at radius 1 is 1.00 bits per heavy atom. The summed E-state index contributed by atoms with van der Waals surface area (Å²) in [4.78, 5) is 32.5. The zero-order chi connectivity index (χ0) is 28.2. The van der Waals surface area contributed by atoms with Crippen molar-refractivity contribution in [3.05, 3.63) is 30.1 Å². The summed E-state index contributed by atoms with van der Waals surface area (Å²) in [6, 6.07) is 8.26. The molecule has 1 heterocycles. The molecule has 1 aromatic heterocycles. The number of fused-ring (bicyclic) bond motifs is 6. The first-order valence-corrected chi connectivity index (χ1v) is 15.9. The number of H-pyrrole nitrogens is 1. The van der Waals surface area contributed by atoms with Crippen LogP contribution in [0.3, 0.4) is 0 Å². The fraction of sp³-hybridized carbons (Fsp3) is 0.735. The van der Waals surface area contributed by atoms with Crippen molar-refractivity contribution in [3.8, 4) is 0 Å². The average molecular weight is 549 g/mol. The minimum Gasteiger partial charge on any atom is -0.463 e. The van der Waals surface area contributed by atoms with Gasteiger partial charge in [-0.25, -0.2) is 4.98 Å². The molecule has 40 heavy (non-hydrogen) atoms. The van der Waals surface area contributed by atoms with Gasteiger partial charge in [-0.15, -0.1) is 0 Å². The van der Waals surface area contributed by atoms with Crippen molar-refractivity contribution in [2.75, 3.05) is 0 Å². The maximum atomic E-state index is 12.5. The number of aromatic amines is 1. The molecular weight excluding hydrogens is 500 g/mol. The molecule has 0 amide bonds. The Hall–Kier alpha value is -2.37. The van der Waals surface area contributed by atoms with E-state index in [4.69, 9.17) is 14.5 Å². The molecule has 0 saturated heterocycles. The number of rotatable bonds is 6. The van der Waals surface area contributed by atoms with Crippen LogP contribution >= 0.6 is 0 Å². The minimum atomic E-state index is -0.155. The lowest BCUT2D eigenvalue weighted by atomic mass is 9.43. The number of nitrogens with zero attached hydrogens (tertiary/aromatic N) is 1. The maximum absolute atomic E-state index is 12.5. The van der Waals surface area contributed by atoms with E-state index in [1.807, 2.05) is 6.07 Å². The van der Waals surface area contributed by atoms with Crippen LogP contribution in [0.4, 0.5) is 0 Å². The number of hydrogen-bond donors (Lipinski definition) is 1. The number of esters is 2. The number of carbonyl (C=O) groups excluding carboxylic acids is 2. The molecule has 0 radical (unpaired) electrons. The second kappa shape index (κ2) is 10.5. The highest BCUT2D eigenvalue weighted by Gasteiger charge is 2.65. The fourth-order valence-electron chi connectivity index (χ4n) is 10.5. The lowest BCUT2D eigenvalue weighted by Gasteiger charge is -2.62. The highest BCUT2D eigenvalue weighted by atomic mass is 16.5. The third kappa shape index (κ3) is 4.67. The molecule has 0 spiro atoms. The summed E-state index contributed by atoms with van der Waals surface area (Å²) in [5.74, 6) is 4.28. The first-order valence-electron chi connectivity index (χ1n) is 15.9. The SMILES string of the molecule is CC(=O)O[C@@H]1CC[C@@]2(C)[C@H](CC[C@@H]3[C@@H]2C[C@H](OC(C)=O)[C@]2(C)[C@@H]([C@H](C)CCc4nc5ccccc5[nH]4)CC[C@@H]32)C1. The standard InChI is InChI=1S/C34H48N2O4/c1-20(10-15-32-35-29-8-6-7-9-30(29)36-32)26-13-14-27-25-12-11-23-18-24(39-21(2)37)16-17-33(23,4)28(25)19-31(34(26,27)5)40-22(3)38/h6-9,20,23-28,31H,10-19H2,1-5H3,(H,35,36)/t20-,23-,24-,25+,26-,27+,28+,31+,33+,34-/m1/s1. The summed E-state index contributed by atoms with van der Waals surface area (Å²) in [7, 11) is 0. The number of imidazole rings is 1. The number of nitrogens with one attached hydrogen (secondary N) is 1. The van der Waals surface area contributed by atoms with E-state index in [0.29, 0.717) is 35.5 Å². The molecular formula is C34H48N2O4. The topological polar surface area (TPSA) is 81.3 Å². The van der Waals surface area contributed by atoms with Crippen molar-refractivity contribution in [1.82, 2.24) is 9.97 Å². The average Bonchev–Trinajstić information content (AvgIpc) is 3.49. The highest BCUT2D eigenvalue weighted by molar-refractivity contribution is 5.74. The lowest BCUT2D eigenvalue weighted by Crippen LogP contribution is -2.59. The van der Waals surface area contributed by atoms with Gasteiger partial charge < -0.3 is 14.5 Å². The number of hydrogen-bond acceptors (Lipinski definition) is 5. The highest BCUT2D eigenvalue weighted by Crippen LogP contribution is 2.69. The van der Waals surface area contributed by atoms with E-state index in [9.17, 15) is 9.59 Å². The molecule has 0 aliphatic heterocycles. The summed E-state index contributed by atoms with van der Waals surface area (Å²) in [6.45, 7) is 10.5. The smallest absolute Gasteiger partial charge is 0.302 e. The van der Waals surface area contributed by atoms with Gasteiger partial charge in [0.25, 0.3) is 0 Å². The number of para-hydroxylation sites is 2. The first-order chi connectivity index (χ1) is 19.1. The van der Waals surface area contributed by atoms with Gasteiger partial charge in [-0.1, -0.05) is 32.9 Å². The quantitative estimate of drug-likeness (QED) is 0.384. The van der Waals surface area contributed by atoms with Gasteiger partial charge in [0.15, 0.2) is 0 Å². The third-order valence-corrected chi connectivity index (χ3v) is 12.4. The first kappa shape index (κ1) is 27.8. The van der Waals surface area contributed by atoms with E-state index in [1.54, 1.807) is 6.92 Å². The normalized spacial score (nSPS) is 39.6. The Labute approximate surface area is 239 Å². The number of aryl methyl sites for hydroxylation is 1. The van der Waals surface area contributed by atoms with Crippen LogP contribution in [0.1, 0.15) is 98.2 Å². The van der Waals surface area contributed by atoms with Gasteiger partial charge >= 0.3 is 11.9 Å². The van der Waals surface area contributed by atoms with Crippen LogP contribution in [-0.4, -0.2) is 34.1 Å². The molecule has 2 aromatic rings. The maximum Gasteiger partial charge on any atom is 0.302 e. The summed E-state index contributed by atoms with van der Waals surface area (Å²) in [5, 5.41) is 0. The van der Waals surface area contributed by atoms with Crippen molar-refractivity contribution in [1.29, 1.82) is 0 Å². The van der Waals surface area contributed by atoms with Gasteiger partial charge in [0.2, 0.25) is 0 Å². The molecule has 6 rings (SSSR count). The monoisotopic (exact) mass is 548 g/mol. The van der Waals surface area contributed by atoms with Crippen molar-refractivity contribution in [2.45, 2.75) is 111 Å². The van der Waals surface area contributed by atoms with Crippen LogP contribution in [0.2, 0.25) is 0 Å². The molecule has 218 valence electrons. The van der Waals surface area contributed by atoms with E-state index in [1.165, 1.54) is 32.6 Å². The fourth-order valence-corrected chi connectivity index (χ4v) is 10.5. The summed E-state index contributed by atoms with van der Waals surface area (Å²) in [6.07, 6.45) is 11.0. The Bertz CT molecular complexity index is 1220. The van der Waals surface area contributed by atoms with Crippen LogP contribution < -0.4 is 0 Å². The lowest BCUT2D eigenvalue weighted by molar-refractivity contribution is -0.197. The van der Waals surface area contributed by atoms with Gasteiger partial charge in [-0.05, 0) is 111 Å². The number of benzene rings is 1. The van der Waals surface area contributed by atoms with Gasteiger partial charge in [-0.3, -0.25) is 9.59 Å². The molecule has 4 aliphatic rings. The van der Waals surface area contributed by atoms with E-state index in [0.717, 1.165) is 55.4 Å². The summed E-state index contributed by atoms with van der Waals surface area (Å²) < 4.78 is 12.0.